The van der Waals surface area contributed by atoms with Crippen LogP contribution in [0.1, 0.15) is 0 Å². The van der Waals surface area contributed by atoms with Crippen molar-refractivity contribution in [2.24, 2.45) is 0 Å². The van der Waals surface area contributed by atoms with Crippen LogP contribution in [0.5, 0.6) is 0 Å². The third kappa shape index (κ3) is 3.09. The molecular weight excluding hydrogens is 329 g/mol. The highest BCUT2D eigenvalue weighted by Crippen LogP contribution is 2.24. The minimum Gasteiger partial charge on any atom is -0.464 e. The first-order valence-electron chi connectivity index (χ1n) is 6.56. The fraction of sp³-hybridized carbons (Fsp3) is 0.154. The molecule has 2 heterocycles. The molecule has 0 aliphatic heterocycles. The summed E-state index contributed by atoms with van der Waals surface area (Å²) in [6, 6.07) is 7.92. The number of hydrogen-bond donors (Lipinski definition) is 1. The van der Waals surface area contributed by atoms with E-state index in [0.29, 0.717) is 4.68 Å². The Hall–Kier alpha value is -3.24. The zero-order valence-electron chi connectivity index (χ0n) is 11.8. The number of fused-ring (bicyclic) bond motifs is 1. The van der Waals surface area contributed by atoms with Gasteiger partial charge in [0, 0.05) is 0 Å². The van der Waals surface area contributed by atoms with E-state index in [2.05, 4.69) is 20.3 Å². The average molecular weight is 338 g/mol. The molecule has 24 heavy (non-hydrogen) atoms. The van der Waals surface area contributed by atoms with Crippen LogP contribution in [0.25, 0.3) is 11.2 Å². The summed E-state index contributed by atoms with van der Waals surface area (Å²) in [4.78, 5) is 20.0. The van der Waals surface area contributed by atoms with Gasteiger partial charge in [0.2, 0.25) is 5.95 Å². The van der Waals surface area contributed by atoms with Crippen molar-refractivity contribution >= 4 is 28.9 Å². The lowest BCUT2D eigenvalue weighted by Crippen LogP contribution is -2.26. The number of rotatable bonds is 3. The SMILES string of the molecule is O=C(O)N(c1ccccc1)c1ncc2nnn(CC(F)(F)F)c2n1. The van der Waals surface area contributed by atoms with Crippen molar-refractivity contribution in [1.29, 1.82) is 0 Å². The van der Waals surface area contributed by atoms with Gasteiger partial charge in [-0.1, -0.05) is 23.4 Å². The molecule has 0 fully saturated rings. The maximum absolute atomic E-state index is 12.6. The summed E-state index contributed by atoms with van der Waals surface area (Å²) in [5, 5.41) is 16.3. The van der Waals surface area contributed by atoms with Gasteiger partial charge in [0.1, 0.15) is 6.54 Å². The fourth-order valence-electron chi connectivity index (χ4n) is 2.04. The van der Waals surface area contributed by atoms with Crippen LogP contribution in [0.3, 0.4) is 0 Å². The van der Waals surface area contributed by atoms with Crippen LogP contribution >= 0.6 is 0 Å². The van der Waals surface area contributed by atoms with Gasteiger partial charge < -0.3 is 5.11 Å². The van der Waals surface area contributed by atoms with Gasteiger partial charge in [0.15, 0.2) is 11.2 Å². The van der Waals surface area contributed by atoms with E-state index in [-0.39, 0.29) is 22.8 Å². The van der Waals surface area contributed by atoms with E-state index in [1.165, 1.54) is 12.1 Å². The summed E-state index contributed by atoms with van der Waals surface area (Å²) in [5.74, 6) is -0.299. The van der Waals surface area contributed by atoms with Gasteiger partial charge in [0.25, 0.3) is 0 Å². The molecule has 0 spiro atoms. The summed E-state index contributed by atoms with van der Waals surface area (Å²) in [7, 11) is 0. The molecule has 1 amide bonds. The summed E-state index contributed by atoms with van der Waals surface area (Å²) < 4.78 is 38.2. The van der Waals surface area contributed by atoms with E-state index >= 15 is 0 Å². The predicted octanol–water partition coefficient (Wildman–Crippen LogP) is 2.60. The van der Waals surface area contributed by atoms with Crippen molar-refractivity contribution in [3.8, 4) is 0 Å². The second-order valence-electron chi connectivity index (χ2n) is 4.69. The monoisotopic (exact) mass is 338 g/mol. The normalized spacial score (nSPS) is 11.6. The van der Waals surface area contributed by atoms with Crippen LogP contribution in [-0.2, 0) is 6.54 Å². The highest BCUT2D eigenvalue weighted by Gasteiger charge is 2.30. The Kier molecular flexibility index (Phi) is 3.75. The Morgan fingerprint density at radius 3 is 2.58 bits per heavy atom. The number of halogens is 3. The average Bonchev–Trinajstić information content (AvgIpc) is 2.89. The van der Waals surface area contributed by atoms with E-state index in [1.807, 2.05) is 0 Å². The first-order chi connectivity index (χ1) is 11.3. The maximum Gasteiger partial charge on any atom is 0.418 e. The molecule has 1 aromatic carbocycles. The summed E-state index contributed by atoms with van der Waals surface area (Å²) in [6.07, 6.45) is -4.77. The molecule has 0 aliphatic rings. The van der Waals surface area contributed by atoms with Crippen molar-refractivity contribution in [2.45, 2.75) is 12.7 Å². The molecule has 2 aromatic heterocycles. The zero-order valence-corrected chi connectivity index (χ0v) is 11.8. The van der Waals surface area contributed by atoms with Crippen LogP contribution in [0.4, 0.5) is 29.6 Å². The van der Waals surface area contributed by atoms with Crippen molar-refractivity contribution < 1.29 is 23.1 Å². The Morgan fingerprint density at radius 2 is 1.96 bits per heavy atom. The smallest absolute Gasteiger partial charge is 0.418 e. The molecule has 1 N–H and O–H groups in total. The highest BCUT2D eigenvalue weighted by molar-refractivity contribution is 5.93. The zero-order chi connectivity index (χ0) is 17.3. The maximum atomic E-state index is 12.6. The molecule has 0 unspecified atom stereocenters. The third-order valence-electron chi connectivity index (χ3n) is 2.98. The van der Waals surface area contributed by atoms with E-state index < -0.39 is 18.8 Å². The number of nitrogens with zero attached hydrogens (tertiary/aromatic N) is 6. The Morgan fingerprint density at radius 1 is 1.25 bits per heavy atom. The van der Waals surface area contributed by atoms with E-state index in [0.717, 1.165) is 11.1 Å². The molecule has 124 valence electrons. The van der Waals surface area contributed by atoms with Gasteiger partial charge >= 0.3 is 12.3 Å². The van der Waals surface area contributed by atoms with Crippen molar-refractivity contribution in [3.05, 3.63) is 36.5 Å². The number of carbonyl (C=O) groups is 1. The summed E-state index contributed by atoms with van der Waals surface area (Å²) >= 11 is 0. The molecule has 3 aromatic rings. The molecule has 0 atom stereocenters. The number of benzene rings is 1. The van der Waals surface area contributed by atoms with Crippen LogP contribution in [0, 0.1) is 0 Å². The molecule has 0 saturated carbocycles. The fourth-order valence-corrected chi connectivity index (χ4v) is 2.04. The quantitative estimate of drug-likeness (QED) is 0.788. The minimum atomic E-state index is -4.52. The number of para-hydroxylation sites is 1. The molecular formula is C13H9F3N6O2. The topological polar surface area (TPSA) is 97.0 Å². The molecule has 3 rings (SSSR count). The summed E-state index contributed by atoms with van der Waals surface area (Å²) in [6.45, 7) is -1.39. The second kappa shape index (κ2) is 5.76. The van der Waals surface area contributed by atoms with E-state index in [4.69, 9.17) is 0 Å². The first kappa shape index (κ1) is 15.6. The number of anilines is 2. The lowest BCUT2D eigenvalue weighted by molar-refractivity contribution is -0.142. The number of hydrogen-bond acceptors (Lipinski definition) is 5. The van der Waals surface area contributed by atoms with Crippen molar-refractivity contribution in [1.82, 2.24) is 25.0 Å². The van der Waals surface area contributed by atoms with Gasteiger partial charge in [-0.2, -0.15) is 18.2 Å². The molecule has 8 nitrogen and oxygen atoms in total. The largest absolute Gasteiger partial charge is 0.464 e. The van der Waals surface area contributed by atoms with Gasteiger partial charge in [0.05, 0.1) is 11.9 Å². The van der Waals surface area contributed by atoms with Gasteiger partial charge in [-0.15, -0.1) is 5.10 Å². The molecule has 0 radical (unpaired) electrons. The van der Waals surface area contributed by atoms with Crippen LogP contribution in [-0.4, -0.2) is 42.3 Å². The van der Waals surface area contributed by atoms with Crippen LogP contribution in [0.15, 0.2) is 36.5 Å². The lowest BCUT2D eigenvalue weighted by atomic mass is 10.3. The molecule has 11 heteroatoms. The number of aromatic nitrogens is 5. The number of alkyl halides is 3. The first-order valence-corrected chi connectivity index (χ1v) is 6.56. The van der Waals surface area contributed by atoms with Crippen LogP contribution in [0.2, 0.25) is 0 Å². The molecule has 0 bridgehead atoms. The standard InChI is InChI=1S/C13H9F3N6O2/c14-13(15,16)7-21-10-9(19-20-21)6-17-11(18-10)22(12(23)24)8-4-2-1-3-5-8/h1-6H,7H2,(H,23,24). The Labute approximate surface area is 132 Å². The van der Waals surface area contributed by atoms with Gasteiger partial charge in [-0.05, 0) is 12.1 Å². The van der Waals surface area contributed by atoms with Gasteiger partial charge in [-0.25, -0.2) is 19.4 Å². The minimum absolute atomic E-state index is 0.0291. The van der Waals surface area contributed by atoms with Crippen molar-refractivity contribution in [3.63, 3.8) is 0 Å². The molecule has 0 aliphatic carbocycles. The van der Waals surface area contributed by atoms with Crippen LogP contribution < -0.4 is 4.90 Å². The second-order valence-corrected chi connectivity index (χ2v) is 4.69. The highest BCUT2D eigenvalue weighted by atomic mass is 19.4. The Balaban J connectivity index is 2.08. The summed E-state index contributed by atoms with van der Waals surface area (Å²) in [5.41, 5.74) is 0.0695. The third-order valence-corrected chi connectivity index (χ3v) is 2.98. The molecule has 0 saturated heterocycles. The lowest BCUT2D eigenvalue weighted by Gasteiger charge is -2.16. The number of carboxylic acid groups (broad SMARTS) is 1. The number of amides is 1. The Bertz CT molecular complexity index is 880. The van der Waals surface area contributed by atoms with Gasteiger partial charge in [-0.3, -0.25) is 0 Å². The van der Waals surface area contributed by atoms with E-state index in [1.54, 1.807) is 18.2 Å². The predicted molar refractivity (Wildman–Crippen MR) is 75.8 cm³/mol. The van der Waals surface area contributed by atoms with Crippen molar-refractivity contribution in [2.75, 3.05) is 4.90 Å². The van der Waals surface area contributed by atoms with E-state index in [9.17, 15) is 23.1 Å².